The first-order chi connectivity index (χ1) is 9.74. The number of hydrogen-bond acceptors (Lipinski definition) is 5. The van der Waals surface area contributed by atoms with Crippen LogP contribution in [0.1, 0.15) is 0 Å². The molecule has 0 aliphatic carbocycles. The molecule has 6 heteroatoms. The molecule has 0 bridgehead atoms. The third-order valence-electron chi connectivity index (χ3n) is 3.84. The highest BCUT2D eigenvalue weighted by Gasteiger charge is 2.13. The molecule has 0 spiro atoms. The zero-order valence-corrected chi connectivity index (χ0v) is 11.7. The summed E-state index contributed by atoms with van der Waals surface area (Å²) in [5.41, 5.74) is 1.06. The Morgan fingerprint density at radius 3 is 2.75 bits per heavy atom. The van der Waals surface area contributed by atoms with Crippen LogP contribution in [0.4, 0.5) is 0 Å². The molecular formula is C14H19N5O. The fraction of sp³-hybridized carbons (Fsp3) is 0.500. The fourth-order valence-electron chi connectivity index (χ4n) is 2.47. The second kappa shape index (κ2) is 5.68. The summed E-state index contributed by atoms with van der Waals surface area (Å²) >= 11 is 0. The predicted octanol–water partition coefficient (Wildman–Crippen LogP) is 0.0389. The van der Waals surface area contributed by atoms with Gasteiger partial charge in [-0.15, -0.1) is 0 Å². The minimum Gasteiger partial charge on any atom is -0.304 e. The summed E-state index contributed by atoms with van der Waals surface area (Å²) in [6.45, 7) is 5.85. The Labute approximate surface area is 117 Å². The van der Waals surface area contributed by atoms with Crippen molar-refractivity contribution in [1.82, 2.24) is 24.3 Å². The Morgan fingerprint density at radius 1 is 1.15 bits per heavy atom. The lowest BCUT2D eigenvalue weighted by atomic mass is 10.3. The van der Waals surface area contributed by atoms with Gasteiger partial charge in [0.15, 0.2) is 5.52 Å². The lowest BCUT2D eigenvalue weighted by Crippen LogP contribution is -2.45. The first kappa shape index (κ1) is 13.2. The molecule has 0 saturated carbocycles. The molecule has 0 radical (unpaired) electrons. The molecule has 1 aliphatic heterocycles. The molecule has 0 atom stereocenters. The third kappa shape index (κ3) is 2.71. The lowest BCUT2D eigenvalue weighted by molar-refractivity contribution is 0.149. The van der Waals surface area contributed by atoms with Crippen LogP contribution in [0.5, 0.6) is 0 Å². The average molecular weight is 273 g/mol. The van der Waals surface area contributed by atoms with E-state index in [1.807, 2.05) is 6.07 Å². The van der Waals surface area contributed by atoms with Crippen LogP contribution in [0.25, 0.3) is 11.0 Å². The van der Waals surface area contributed by atoms with Crippen molar-refractivity contribution in [3.63, 3.8) is 0 Å². The standard InChI is InChI=1S/C14H19N5O/c1-17-5-7-18(8-6-17)9-10-19-11-16-12-3-2-4-15-13(12)14(19)20/h2-4,11H,5-10H2,1H3. The zero-order chi connectivity index (χ0) is 13.9. The van der Waals surface area contributed by atoms with Crippen LogP contribution in [0, 0.1) is 0 Å². The van der Waals surface area contributed by atoms with E-state index in [4.69, 9.17) is 0 Å². The summed E-state index contributed by atoms with van der Waals surface area (Å²) < 4.78 is 1.66. The minimum absolute atomic E-state index is 0.0512. The molecule has 106 valence electrons. The van der Waals surface area contributed by atoms with E-state index >= 15 is 0 Å². The van der Waals surface area contributed by atoms with Crippen molar-refractivity contribution in [3.8, 4) is 0 Å². The zero-order valence-electron chi connectivity index (χ0n) is 11.7. The van der Waals surface area contributed by atoms with E-state index in [1.54, 1.807) is 23.2 Å². The highest BCUT2D eigenvalue weighted by Crippen LogP contribution is 2.02. The second-order valence-corrected chi connectivity index (χ2v) is 5.26. The Balaban J connectivity index is 1.72. The van der Waals surface area contributed by atoms with Crippen molar-refractivity contribution in [1.29, 1.82) is 0 Å². The van der Waals surface area contributed by atoms with Gasteiger partial charge in [-0.3, -0.25) is 14.3 Å². The maximum atomic E-state index is 12.3. The molecule has 3 rings (SSSR count). The van der Waals surface area contributed by atoms with Crippen LogP contribution in [0.15, 0.2) is 29.5 Å². The molecule has 0 unspecified atom stereocenters. The summed E-state index contributed by atoms with van der Waals surface area (Å²) in [4.78, 5) is 25.4. The number of rotatable bonds is 3. The maximum absolute atomic E-state index is 12.3. The van der Waals surface area contributed by atoms with E-state index in [0.717, 1.165) is 32.7 Å². The van der Waals surface area contributed by atoms with Crippen LogP contribution < -0.4 is 5.56 Å². The van der Waals surface area contributed by atoms with Gasteiger partial charge in [0, 0.05) is 45.5 Å². The van der Waals surface area contributed by atoms with Gasteiger partial charge in [0.25, 0.3) is 5.56 Å². The van der Waals surface area contributed by atoms with Gasteiger partial charge in [0.2, 0.25) is 0 Å². The maximum Gasteiger partial charge on any atom is 0.279 e. The summed E-state index contributed by atoms with van der Waals surface area (Å²) in [6.07, 6.45) is 3.26. The highest BCUT2D eigenvalue weighted by atomic mass is 16.1. The molecule has 20 heavy (non-hydrogen) atoms. The number of fused-ring (bicyclic) bond motifs is 1. The van der Waals surface area contributed by atoms with Gasteiger partial charge in [-0.05, 0) is 19.2 Å². The van der Waals surface area contributed by atoms with E-state index in [9.17, 15) is 4.79 Å². The normalized spacial score (nSPS) is 17.6. The second-order valence-electron chi connectivity index (χ2n) is 5.26. The van der Waals surface area contributed by atoms with E-state index < -0.39 is 0 Å². The molecule has 2 aromatic heterocycles. The number of aromatic nitrogens is 3. The van der Waals surface area contributed by atoms with Crippen LogP contribution in [0.2, 0.25) is 0 Å². The van der Waals surface area contributed by atoms with Gasteiger partial charge in [0.1, 0.15) is 0 Å². The van der Waals surface area contributed by atoms with Gasteiger partial charge >= 0.3 is 0 Å². The van der Waals surface area contributed by atoms with Crippen molar-refractivity contribution in [3.05, 3.63) is 35.0 Å². The van der Waals surface area contributed by atoms with E-state index in [-0.39, 0.29) is 5.56 Å². The molecule has 0 N–H and O–H groups in total. The Hall–Kier alpha value is -1.79. The monoisotopic (exact) mass is 273 g/mol. The van der Waals surface area contributed by atoms with Crippen molar-refractivity contribution >= 4 is 11.0 Å². The Bertz CT molecular complexity index is 645. The molecule has 3 heterocycles. The molecular weight excluding hydrogens is 254 g/mol. The lowest BCUT2D eigenvalue weighted by Gasteiger charge is -2.32. The molecule has 6 nitrogen and oxygen atoms in total. The summed E-state index contributed by atoms with van der Waals surface area (Å²) in [5.74, 6) is 0. The molecule has 1 fully saturated rings. The Kier molecular flexibility index (Phi) is 3.75. The van der Waals surface area contributed by atoms with Crippen LogP contribution in [0.3, 0.4) is 0 Å². The highest BCUT2D eigenvalue weighted by molar-refractivity contribution is 5.71. The van der Waals surface area contributed by atoms with Crippen molar-refractivity contribution in [2.45, 2.75) is 6.54 Å². The van der Waals surface area contributed by atoms with E-state index in [0.29, 0.717) is 17.6 Å². The molecule has 1 aliphatic rings. The smallest absolute Gasteiger partial charge is 0.279 e. The van der Waals surface area contributed by atoms with Crippen molar-refractivity contribution < 1.29 is 0 Å². The molecule has 0 amide bonds. The fourth-order valence-corrected chi connectivity index (χ4v) is 2.47. The minimum atomic E-state index is -0.0512. The van der Waals surface area contributed by atoms with Gasteiger partial charge in [-0.1, -0.05) is 0 Å². The first-order valence-electron chi connectivity index (χ1n) is 6.95. The quantitative estimate of drug-likeness (QED) is 0.790. The van der Waals surface area contributed by atoms with Crippen LogP contribution in [-0.4, -0.2) is 64.1 Å². The van der Waals surface area contributed by atoms with Gasteiger partial charge in [-0.25, -0.2) is 9.97 Å². The summed E-state index contributed by atoms with van der Waals surface area (Å²) in [6, 6.07) is 3.61. The molecule has 1 saturated heterocycles. The Morgan fingerprint density at radius 2 is 1.95 bits per heavy atom. The van der Waals surface area contributed by atoms with E-state index in [2.05, 4.69) is 26.8 Å². The number of pyridine rings is 1. The summed E-state index contributed by atoms with van der Waals surface area (Å²) in [7, 11) is 2.14. The topological polar surface area (TPSA) is 54.3 Å². The largest absolute Gasteiger partial charge is 0.304 e. The predicted molar refractivity (Wildman–Crippen MR) is 77.7 cm³/mol. The number of hydrogen-bond donors (Lipinski definition) is 0. The van der Waals surface area contributed by atoms with Gasteiger partial charge < -0.3 is 4.90 Å². The van der Waals surface area contributed by atoms with Crippen LogP contribution >= 0.6 is 0 Å². The number of likely N-dealkylation sites (N-methyl/N-ethyl adjacent to an activating group) is 1. The van der Waals surface area contributed by atoms with E-state index in [1.165, 1.54) is 0 Å². The van der Waals surface area contributed by atoms with Crippen molar-refractivity contribution in [2.24, 2.45) is 0 Å². The number of nitrogens with zero attached hydrogens (tertiary/aromatic N) is 5. The third-order valence-corrected chi connectivity index (χ3v) is 3.84. The number of piperazine rings is 1. The van der Waals surface area contributed by atoms with Crippen molar-refractivity contribution in [2.75, 3.05) is 39.8 Å². The first-order valence-corrected chi connectivity index (χ1v) is 6.95. The van der Waals surface area contributed by atoms with Crippen LogP contribution in [-0.2, 0) is 6.54 Å². The SMILES string of the molecule is CN1CCN(CCn2cnc3cccnc3c2=O)CC1. The average Bonchev–Trinajstić information content (AvgIpc) is 2.49. The summed E-state index contributed by atoms with van der Waals surface area (Å²) in [5, 5.41) is 0. The molecule has 0 aromatic carbocycles. The van der Waals surface area contributed by atoms with Gasteiger partial charge in [-0.2, -0.15) is 0 Å². The van der Waals surface area contributed by atoms with Gasteiger partial charge in [0.05, 0.1) is 11.8 Å². The molecule has 2 aromatic rings.